The SMILES string of the molecule is COC(=O)c1cc(NCCC(=O)NC(C)C)ccn1. The van der Waals surface area contributed by atoms with Gasteiger partial charge in [-0.1, -0.05) is 0 Å². The number of anilines is 1. The van der Waals surface area contributed by atoms with Gasteiger partial charge in [0, 0.05) is 30.9 Å². The molecule has 0 fully saturated rings. The van der Waals surface area contributed by atoms with E-state index in [1.165, 1.54) is 13.3 Å². The van der Waals surface area contributed by atoms with Crippen molar-refractivity contribution in [1.82, 2.24) is 10.3 Å². The minimum Gasteiger partial charge on any atom is -0.464 e. The zero-order valence-corrected chi connectivity index (χ0v) is 11.4. The summed E-state index contributed by atoms with van der Waals surface area (Å²) in [6.45, 7) is 4.32. The fraction of sp³-hybridized carbons (Fsp3) is 0.462. The van der Waals surface area contributed by atoms with Crippen molar-refractivity contribution in [2.75, 3.05) is 19.0 Å². The predicted molar refractivity (Wildman–Crippen MR) is 72.0 cm³/mol. The van der Waals surface area contributed by atoms with E-state index in [9.17, 15) is 9.59 Å². The molecular weight excluding hydrogens is 246 g/mol. The van der Waals surface area contributed by atoms with Crippen molar-refractivity contribution >= 4 is 17.6 Å². The Hall–Kier alpha value is -2.11. The minimum atomic E-state index is -0.485. The average Bonchev–Trinajstić information content (AvgIpc) is 2.37. The van der Waals surface area contributed by atoms with Crippen molar-refractivity contribution in [1.29, 1.82) is 0 Å². The topological polar surface area (TPSA) is 80.3 Å². The highest BCUT2D eigenvalue weighted by Crippen LogP contribution is 2.08. The third-order valence-corrected chi connectivity index (χ3v) is 2.29. The van der Waals surface area contributed by atoms with E-state index >= 15 is 0 Å². The number of carbonyl (C=O) groups excluding carboxylic acids is 2. The quantitative estimate of drug-likeness (QED) is 0.755. The molecule has 1 rings (SSSR count). The first-order valence-electron chi connectivity index (χ1n) is 6.10. The van der Waals surface area contributed by atoms with Crippen molar-refractivity contribution in [3.63, 3.8) is 0 Å². The van der Waals surface area contributed by atoms with Gasteiger partial charge in [-0.05, 0) is 26.0 Å². The zero-order valence-electron chi connectivity index (χ0n) is 11.4. The van der Waals surface area contributed by atoms with Gasteiger partial charge in [-0.3, -0.25) is 4.79 Å². The molecule has 0 atom stereocenters. The molecule has 0 saturated carbocycles. The van der Waals surface area contributed by atoms with E-state index in [2.05, 4.69) is 20.4 Å². The molecule has 19 heavy (non-hydrogen) atoms. The molecule has 1 aromatic rings. The average molecular weight is 265 g/mol. The molecule has 0 aliphatic rings. The molecule has 0 aliphatic carbocycles. The predicted octanol–water partition coefficient (Wildman–Crippen LogP) is 1.19. The van der Waals surface area contributed by atoms with Gasteiger partial charge < -0.3 is 15.4 Å². The fourth-order valence-electron chi connectivity index (χ4n) is 1.47. The van der Waals surface area contributed by atoms with Gasteiger partial charge in [0.15, 0.2) is 0 Å². The molecule has 6 heteroatoms. The van der Waals surface area contributed by atoms with Crippen molar-refractivity contribution in [3.8, 4) is 0 Å². The number of hydrogen-bond donors (Lipinski definition) is 2. The van der Waals surface area contributed by atoms with Crippen LogP contribution in [0.1, 0.15) is 30.8 Å². The van der Waals surface area contributed by atoms with Gasteiger partial charge in [0.05, 0.1) is 7.11 Å². The number of esters is 1. The number of pyridine rings is 1. The molecule has 1 heterocycles. The second-order valence-corrected chi connectivity index (χ2v) is 4.32. The molecule has 0 bridgehead atoms. The van der Waals surface area contributed by atoms with Crippen molar-refractivity contribution in [2.45, 2.75) is 26.3 Å². The maximum absolute atomic E-state index is 11.4. The van der Waals surface area contributed by atoms with Crippen LogP contribution in [0.2, 0.25) is 0 Å². The molecule has 1 aromatic heterocycles. The second kappa shape index (κ2) is 7.35. The van der Waals surface area contributed by atoms with Crippen LogP contribution in [0.4, 0.5) is 5.69 Å². The number of methoxy groups -OCH3 is 1. The molecule has 0 unspecified atom stereocenters. The molecule has 0 spiro atoms. The summed E-state index contributed by atoms with van der Waals surface area (Å²) < 4.78 is 4.58. The largest absolute Gasteiger partial charge is 0.464 e. The van der Waals surface area contributed by atoms with Gasteiger partial charge in [0.1, 0.15) is 5.69 Å². The summed E-state index contributed by atoms with van der Waals surface area (Å²) in [5, 5.41) is 5.86. The van der Waals surface area contributed by atoms with Crippen LogP contribution < -0.4 is 10.6 Å². The molecule has 6 nitrogen and oxygen atoms in total. The van der Waals surface area contributed by atoms with Crippen LogP contribution in [-0.2, 0) is 9.53 Å². The molecular formula is C13H19N3O3. The van der Waals surface area contributed by atoms with Gasteiger partial charge in [-0.2, -0.15) is 0 Å². The standard InChI is InChI=1S/C13H19N3O3/c1-9(2)16-12(17)5-7-14-10-4-6-15-11(8-10)13(18)19-3/h4,6,8-9H,5,7H2,1-3H3,(H,14,15)(H,16,17). The lowest BCUT2D eigenvalue weighted by molar-refractivity contribution is -0.121. The van der Waals surface area contributed by atoms with Crippen molar-refractivity contribution < 1.29 is 14.3 Å². The lowest BCUT2D eigenvalue weighted by Crippen LogP contribution is -2.31. The van der Waals surface area contributed by atoms with E-state index in [1.807, 2.05) is 13.8 Å². The van der Waals surface area contributed by atoms with E-state index < -0.39 is 5.97 Å². The van der Waals surface area contributed by atoms with Crippen LogP contribution in [0, 0.1) is 0 Å². The van der Waals surface area contributed by atoms with Crippen LogP contribution in [0.15, 0.2) is 18.3 Å². The van der Waals surface area contributed by atoms with E-state index in [1.54, 1.807) is 12.1 Å². The van der Waals surface area contributed by atoms with Gasteiger partial charge in [-0.25, -0.2) is 9.78 Å². The Kier molecular flexibility index (Phi) is 5.78. The highest BCUT2D eigenvalue weighted by Gasteiger charge is 2.07. The molecule has 2 N–H and O–H groups in total. The van der Waals surface area contributed by atoms with Gasteiger partial charge in [0.25, 0.3) is 0 Å². The number of rotatable bonds is 6. The summed E-state index contributed by atoms with van der Waals surface area (Å²) in [4.78, 5) is 26.6. The zero-order chi connectivity index (χ0) is 14.3. The number of nitrogens with one attached hydrogen (secondary N) is 2. The summed E-state index contributed by atoms with van der Waals surface area (Å²) in [6, 6.07) is 3.46. The van der Waals surface area contributed by atoms with Crippen LogP contribution in [-0.4, -0.2) is 36.6 Å². The summed E-state index contributed by atoms with van der Waals surface area (Å²) in [7, 11) is 1.31. The minimum absolute atomic E-state index is 0.00949. The lowest BCUT2D eigenvalue weighted by atomic mass is 10.3. The number of amides is 1. The molecule has 0 aliphatic heterocycles. The van der Waals surface area contributed by atoms with Gasteiger partial charge in [0.2, 0.25) is 5.91 Å². The molecule has 0 radical (unpaired) electrons. The summed E-state index contributed by atoms with van der Waals surface area (Å²) in [5.41, 5.74) is 0.965. The monoisotopic (exact) mass is 265 g/mol. The van der Waals surface area contributed by atoms with E-state index in [-0.39, 0.29) is 17.6 Å². The molecule has 0 aromatic carbocycles. The number of carbonyl (C=O) groups is 2. The molecule has 0 saturated heterocycles. The Morgan fingerprint density at radius 1 is 1.42 bits per heavy atom. The van der Waals surface area contributed by atoms with Crippen LogP contribution >= 0.6 is 0 Å². The molecule has 1 amide bonds. The number of nitrogens with zero attached hydrogens (tertiary/aromatic N) is 1. The normalized spacial score (nSPS) is 10.1. The second-order valence-electron chi connectivity index (χ2n) is 4.32. The van der Waals surface area contributed by atoms with Gasteiger partial charge >= 0.3 is 5.97 Å². The Morgan fingerprint density at radius 3 is 2.79 bits per heavy atom. The number of ether oxygens (including phenoxy) is 1. The first-order valence-corrected chi connectivity index (χ1v) is 6.10. The number of hydrogen-bond acceptors (Lipinski definition) is 5. The Morgan fingerprint density at radius 2 is 2.16 bits per heavy atom. The van der Waals surface area contributed by atoms with E-state index in [4.69, 9.17) is 0 Å². The Balaban J connectivity index is 2.45. The first-order chi connectivity index (χ1) is 9.02. The summed E-state index contributed by atoms with van der Waals surface area (Å²) in [6.07, 6.45) is 1.89. The summed E-state index contributed by atoms with van der Waals surface area (Å²) >= 11 is 0. The highest BCUT2D eigenvalue weighted by molar-refractivity contribution is 5.88. The van der Waals surface area contributed by atoms with Crippen LogP contribution in [0.5, 0.6) is 0 Å². The first kappa shape index (κ1) is 14.9. The summed E-state index contributed by atoms with van der Waals surface area (Å²) in [5.74, 6) is -0.494. The smallest absolute Gasteiger partial charge is 0.356 e. The Bertz CT molecular complexity index is 447. The van der Waals surface area contributed by atoms with Gasteiger partial charge in [-0.15, -0.1) is 0 Å². The Labute approximate surface area is 112 Å². The molecule has 104 valence electrons. The van der Waals surface area contributed by atoms with E-state index in [0.29, 0.717) is 13.0 Å². The van der Waals surface area contributed by atoms with Crippen LogP contribution in [0.3, 0.4) is 0 Å². The lowest BCUT2D eigenvalue weighted by Gasteiger charge is -2.09. The van der Waals surface area contributed by atoms with Crippen LogP contribution in [0.25, 0.3) is 0 Å². The van der Waals surface area contributed by atoms with E-state index in [0.717, 1.165) is 5.69 Å². The maximum atomic E-state index is 11.4. The number of aromatic nitrogens is 1. The van der Waals surface area contributed by atoms with Crippen molar-refractivity contribution in [3.05, 3.63) is 24.0 Å². The third-order valence-electron chi connectivity index (χ3n) is 2.29. The highest BCUT2D eigenvalue weighted by atomic mass is 16.5. The fourth-order valence-corrected chi connectivity index (χ4v) is 1.47. The third kappa shape index (κ3) is 5.37. The maximum Gasteiger partial charge on any atom is 0.356 e. The van der Waals surface area contributed by atoms with Crippen molar-refractivity contribution in [2.24, 2.45) is 0 Å².